The first kappa shape index (κ1) is 32.7. The maximum atomic E-state index is 12.2. The Morgan fingerprint density at radius 2 is 1.30 bits per heavy atom. The molecule has 0 aromatic carbocycles. The molecule has 0 spiro atoms. The van der Waals surface area contributed by atoms with Crippen molar-refractivity contribution in [2.45, 2.75) is 64.8 Å². The Balaban J connectivity index is 0.000000220. The molecule has 0 radical (unpaired) electrons. The fraction of sp³-hybridized carbons (Fsp3) is 0.538. The van der Waals surface area contributed by atoms with Gasteiger partial charge >= 0.3 is 0 Å². The highest BCUT2D eigenvalue weighted by Gasteiger charge is 2.15. The standard InChI is InChI=1S/2C13H20BrN3O2Si/c1-16-8-11(14)10-7-17(15-12(10)13(16)18)9-19-5-6-20(2,3)4;1-16-8-11(14)10-7-15-17(12(10)13(16)18)9-19-5-6-20(2,3)4/h2*7-8H,5-6,9H2,1-4H3. The van der Waals surface area contributed by atoms with E-state index in [-0.39, 0.29) is 11.1 Å². The van der Waals surface area contributed by atoms with Gasteiger partial charge < -0.3 is 18.6 Å². The highest BCUT2D eigenvalue weighted by Crippen LogP contribution is 2.21. The molecule has 0 saturated carbocycles. The van der Waals surface area contributed by atoms with Gasteiger partial charge in [-0.05, 0) is 43.9 Å². The third-order valence-electron chi connectivity index (χ3n) is 6.21. The number of rotatable bonds is 10. The summed E-state index contributed by atoms with van der Waals surface area (Å²) in [6.45, 7) is 16.1. The number of hydrogen-bond donors (Lipinski definition) is 0. The van der Waals surface area contributed by atoms with E-state index >= 15 is 0 Å². The summed E-state index contributed by atoms with van der Waals surface area (Å²) in [4.78, 5) is 24.2. The molecule has 10 nitrogen and oxygen atoms in total. The number of aryl methyl sites for hydroxylation is 2. The van der Waals surface area contributed by atoms with Crippen molar-refractivity contribution in [3.63, 3.8) is 0 Å². The van der Waals surface area contributed by atoms with Crippen LogP contribution in [0.4, 0.5) is 0 Å². The molecule has 14 heteroatoms. The minimum absolute atomic E-state index is 0.0607. The minimum Gasteiger partial charge on any atom is -0.360 e. The van der Waals surface area contributed by atoms with E-state index in [1.54, 1.807) is 46.6 Å². The van der Waals surface area contributed by atoms with Crippen LogP contribution in [0.2, 0.25) is 51.4 Å². The van der Waals surface area contributed by atoms with Crippen molar-refractivity contribution < 1.29 is 9.47 Å². The third-order valence-corrected chi connectivity index (χ3v) is 10.9. The zero-order chi connectivity index (χ0) is 29.8. The maximum Gasteiger partial charge on any atom is 0.278 e. The van der Waals surface area contributed by atoms with Gasteiger partial charge in [-0.15, -0.1) is 0 Å². The first-order valence-corrected chi connectivity index (χ1v) is 22.2. The van der Waals surface area contributed by atoms with E-state index < -0.39 is 16.1 Å². The number of hydrogen-bond acceptors (Lipinski definition) is 6. The van der Waals surface area contributed by atoms with E-state index in [1.165, 1.54) is 4.57 Å². The Bertz CT molecular complexity index is 1570. The molecule has 4 aromatic rings. The normalized spacial score (nSPS) is 12.2. The Hall–Kier alpha value is -1.85. The highest BCUT2D eigenvalue weighted by atomic mass is 79.9. The van der Waals surface area contributed by atoms with Crippen molar-refractivity contribution in [3.8, 4) is 0 Å². The highest BCUT2D eigenvalue weighted by molar-refractivity contribution is 9.11. The molecule has 0 N–H and O–H groups in total. The van der Waals surface area contributed by atoms with E-state index in [0.717, 1.165) is 38.4 Å². The zero-order valence-electron chi connectivity index (χ0n) is 24.6. The van der Waals surface area contributed by atoms with Crippen molar-refractivity contribution in [2.24, 2.45) is 14.1 Å². The van der Waals surface area contributed by atoms with Gasteiger partial charge in [0.1, 0.15) is 19.0 Å². The van der Waals surface area contributed by atoms with Crippen LogP contribution in [0.1, 0.15) is 0 Å². The topological polar surface area (TPSA) is 98.1 Å². The molecule has 0 aliphatic carbocycles. The van der Waals surface area contributed by atoms with E-state index in [9.17, 15) is 9.59 Å². The number of ether oxygens (including phenoxy) is 2. The molecule has 4 heterocycles. The molecule has 0 bridgehead atoms. The van der Waals surface area contributed by atoms with E-state index in [2.05, 4.69) is 81.3 Å². The molecular weight excluding hydrogens is 676 g/mol. The summed E-state index contributed by atoms with van der Waals surface area (Å²) in [6.07, 6.45) is 7.05. The molecule has 0 aliphatic rings. The van der Waals surface area contributed by atoms with Crippen molar-refractivity contribution in [1.82, 2.24) is 28.7 Å². The third kappa shape index (κ3) is 8.82. The van der Waals surface area contributed by atoms with Crippen molar-refractivity contribution >= 4 is 69.8 Å². The summed E-state index contributed by atoms with van der Waals surface area (Å²) in [5.41, 5.74) is 0.893. The molecule has 0 fully saturated rings. The molecule has 0 amide bonds. The van der Waals surface area contributed by atoms with E-state index in [4.69, 9.17) is 9.47 Å². The molecule has 0 unspecified atom stereocenters. The van der Waals surface area contributed by atoms with Crippen LogP contribution in [0.15, 0.2) is 43.3 Å². The molecule has 40 heavy (non-hydrogen) atoms. The van der Waals surface area contributed by atoms with Crippen LogP contribution in [-0.2, 0) is 37.0 Å². The Labute approximate surface area is 253 Å². The number of halogens is 2. The summed E-state index contributed by atoms with van der Waals surface area (Å²) >= 11 is 6.91. The van der Waals surface area contributed by atoms with Crippen LogP contribution in [0.5, 0.6) is 0 Å². The number of nitrogens with zero attached hydrogens (tertiary/aromatic N) is 6. The molecule has 0 saturated heterocycles. The van der Waals surface area contributed by atoms with Gasteiger partial charge in [0.15, 0.2) is 5.52 Å². The summed E-state index contributed by atoms with van der Waals surface area (Å²) < 4.78 is 19.4. The van der Waals surface area contributed by atoms with Gasteiger partial charge in [-0.3, -0.25) is 9.59 Å². The molecule has 0 atom stereocenters. The van der Waals surface area contributed by atoms with Crippen molar-refractivity contribution in [1.29, 1.82) is 0 Å². The number of pyridine rings is 2. The fourth-order valence-corrected chi connectivity index (χ4v) is 6.41. The Morgan fingerprint density at radius 3 is 1.88 bits per heavy atom. The summed E-state index contributed by atoms with van der Waals surface area (Å²) in [5, 5.41) is 10.2. The second kappa shape index (κ2) is 13.4. The summed E-state index contributed by atoms with van der Waals surface area (Å²) in [6, 6.07) is 2.23. The van der Waals surface area contributed by atoms with Crippen LogP contribution >= 0.6 is 31.9 Å². The number of aromatic nitrogens is 6. The second-order valence-corrected chi connectivity index (χ2v) is 25.3. The molecule has 4 aromatic heterocycles. The maximum absolute atomic E-state index is 12.2. The predicted molar refractivity (Wildman–Crippen MR) is 174 cm³/mol. The van der Waals surface area contributed by atoms with Crippen LogP contribution in [-0.4, -0.2) is 58.1 Å². The Morgan fingerprint density at radius 1 is 0.775 bits per heavy atom. The van der Waals surface area contributed by atoms with Gasteiger partial charge in [0, 0.05) is 81.8 Å². The quantitative estimate of drug-likeness (QED) is 0.156. The van der Waals surface area contributed by atoms with Crippen molar-refractivity contribution in [2.75, 3.05) is 13.2 Å². The first-order chi connectivity index (χ1) is 18.6. The zero-order valence-corrected chi connectivity index (χ0v) is 29.8. The van der Waals surface area contributed by atoms with Gasteiger partial charge in [-0.25, -0.2) is 9.36 Å². The van der Waals surface area contributed by atoms with Crippen LogP contribution in [0.3, 0.4) is 0 Å². The Kier molecular flexibility index (Phi) is 11.0. The molecule has 220 valence electrons. The van der Waals surface area contributed by atoms with Crippen LogP contribution < -0.4 is 11.1 Å². The monoisotopic (exact) mass is 714 g/mol. The lowest BCUT2D eigenvalue weighted by atomic mass is 10.3. The lowest BCUT2D eigenvalue weighted by Gasteiger charge is -2.15. The lowest BCUT2D eigenvalue weighted by molar-refractivity contribution is 0.0790. The summed E-state index contributed by atoms with van der Waals surface area (Å²) in [7, 11) is 1.29. The fourth-order valence-electron chi connectivity index (χ4n) is 3.70. The SMILES string of the molecule is Cn1cc(Br)c2cn(COCC[Si](C)(C)C)nc2c1=O.Cn1cc(Br)c2cnn(COCC[Si](C)(C)C)c2c1=O. The van der Waals surface area contributed by atoms with Crippen molar-refractivity contribution in [3.05, 3.63) is 54.4 Å². The van der Waals surface area contributed by atoms with Gasteiger partial charge in [0.2, 0.25) is 0 Å². The minimum atomic E-state index is -1.09. The number of fused-ring (bicyclic) bond motifs is 2. The van der Waals surface area contributed by atoms with Gasteiger partial charge in [-0.2, -0.15) is 10.2 Å². The summed E-state index contributed by atoms with van der Waals surface area (Å²) in [5.74, 6) is 0. The lowest BCUT2D eigenvalue weighted by Crippen LogP contribution is -2.23. The van der Waals surface area contributed by atoms with E-state index in [1.807, 2.05) is 6.20 Å². The smallest absolute Gasteiger partial charge is 0.278 e. The molecule has 0 aliphatic heterocycles. The predicted octanol–water partition coefficient (Wildman–Crippen LogP) is 5.62. The van der Waals surface area contributed by atoms with E-state index in [0.29, 0.717) is 31.1 Å². The van der Waals surface area contributed by atoms with Gasteiger partial charge in [0.25, 0.3) is 11.1 Å². The van der Waals surface area contributed by atoms with Gasteiger partial charge in [0.05, 0.1) is 6.20 Å². The van der Waals surface area contributed by atoms with Crippen LogP contribution in [0.25, 0.3) is 21.8 Å². The molecular formula is C26H40Br2N6O4Si2. The van der Waals surface area contributed by atoms with Crippen LogP contribution in [0, 0.1) is 0 Å². The largest absolute Gasteiger partial charge is 0.360 e. The average molecular weight is 717 g/mol. The molecule has 4 rings (SSSR count). The first-order valence-electron chi connectivity index (χ1n) is 13.2. The van der Waals surface area contributed by atoms with Gasteiger partial charge in [-0.1, -0.05) is 39.3 Å². The average Bonchev–Trinajstić information content (AvgIpc) is 3.47. The second-order valence-electron chi connectivity index (χ2n) is 12.3.